The van der Waals surface area contributed by atoms with E-state index in [2.05, 4.69) is 166 Å². The molecule has 5 aliphatic carbocycles. The van der Waals surface area contributed by atoms with Gasteiger partial charge in [0.15, 0.2) is 0 Å². The van der Waals surface area contributed by atoms with Gasteiger partial charge in [0.25, 0.3) is 5.91 Å². The Hall–Kier alpha value is -4.14. The van der Waals surface area contributed by atoms with Crippen LogP contribution in [0.25, 0.3) is 0 Å². The van der Waals surface area contributed by atoms with Crippen molar-refractivity contribution < 1.29 is 9.59 Å². The maximum Gasteiger partial charge on any atom is 0.298 e. The molecule has 458 valence electrons. The monoisotopic (exact) mass is 1120 g/mol. The van der Waals surface area contributed by atoms with Crippen molar-refractivity contribution in [1.29, 1.82) is 0 Å². The predicted molar refractivity (Wildman–Crippen MR) is 348 cm³/mol. The number of likely N-dealkylation sites (tertiary alicyclic amines) is 5. The first-order chi connectivity index (χ1) is 38.1. The summed E-state index contributed by atoms with van der Waals surface area (Å²) in [6.45, 7) is 65.6. The van der Waals surface area contributed by atoms with Gasteiger partial charge in [-0.15, -0.1) is 0 Å². The number of nitrogens with zero attached hydrogens (tertiary/aromatic N) is 6. The molecule has 0 aromatic carbocycles. The molecule has 0 aromatic rings. The second-order valence-corrected chi connectivity index (χ2v) is 32.9. The van der Waals surface area contributed by atoms with Crippen molar-refractivity contribution in [2.75, 3.05) is 86.1 Å². The quantitative estimate of drug-likeness (QED) is 0.123. The Morgan fingerprint density at radius 2 is 0.854 bits per heavy atom. The smallest absolute Gasteiger partial charge is 0.298 e. The minimum Gasteiger partial charge on any atom is -0.371 e. The molecule has 2 amide bonds. The van der Waals surface area contributed by atoms with E-state index in [1.54, 1.807) is 13.0 Å². The van der Waals surface area contributed by atoms with Crippen molar-refractivity contribution in [3.63, 3.8) is 0 Å². The standard InChI is InChI=1S/C16H28N2O.C16H25N.C15H25N.C14H21NO.C13H21N/c1-13(2)14-10-16(11-14)7-9-18(12-16)15(19)6-5-8-17(3)4;1-6-7-13(2)17-9-8-16(12-17)10-14(11-16)15(3,4)5;1-6-12(2)16-8-7-15(11-16)9-13(10-15)14(3,4)5;1-5-6-12(16)15-9-14(10-15)7-11(8-14)13(2,3)4;1-5-11(4)14-8-13(9-14)6-12(7-13)10(2)3/h5-6,13-14H,7-12H2,1-4H3;14H,2,8-12H2,1,3-5H3;6,13H,1-2,7-11H2,3-5H3;11H,7-10H2,1-4H3;5,10,12H,1,4,6-9H2,2-3H3/b6-5+;;;;. The topological polar surface area (TPSA) is 53.6 Å². The van der Waals surface area contributed by atoms with Gasteiger partial charge < -0.3 is 29.4 Å². The number of carbonyl (C=O) groups excluding carboxylic acids is 2. The zero-order valence-electron chi connectivity index (χ0n) is 55.9. The highest BCUT2D eigenvalue weighted by molar-refractivity contribution is 5.94. The molecule has 10 aliphatic rings. The molecule has 0 bridgehead atoms. The first-order valence-electron chi connectivity index (χ1n) is 32.4. The lowest BCUT2D eigenvalue weighted by Gasteiger charge is -2.61. The van der Waals surface area contributed by atoms with E-state index in [9.17, 15) is 9.59 Å². The molecular formula is C74H120N6O2. The summed E-state index contributed by atoms with van der Waals surface area (Å²) in [5.74, 6) is 17.7. The summed E-state index contributed by atoms with van der Waals surface area (Å²) in [6, 6.07) is 0. The number of likely N-dealkylation sites (N-methyl/N-ethyl adjacent to an activating group) is 1. The first-order valence-corrected chi connectivity index (χ1v) is 32.4. The molecule has 5 spiro atoms. The predicted octanol–water partition coefficient (Wildman–Crippen LogP) is 15.2. The summed E-state index contributed by atoms with van der Waals surface area (Å²) in [4.78, 5) is 36.7. The van der Waals surface area contributed by atoms with E-state index in [-0.39, 0.29) is 11.8 Å². The number of allylic oxidation sites excluding steroid dienone is 3. The summed E-state index contributed by atoms with van der Waals surface area (Å²) < 4.78 is 0. The molecule has 0 unspecified atom stereocenters. The van der Waals surface area contributed by atoms with Crippen LogP contribution in [0.5, 0.6) is 0 Å². The average molecular weight is 1130 g/mol. The van der Waals surface area contributed by atoms with Crippen molar-refractivity contribution in [3.05, 3.63) is 74.3 Å². The number of hydrogen-bond acceptors (Lipinski definition) is 6. The molecule has 0 radical (unpaired) electrons. The van der Waals surface area contributed by atoms with Gasteiger partial charge in [0.1, 0.15) is 0 Å². The fourth-order valence-electron chi connectivity index (χ4n) is 15.8. The van der Waals surface area contributed by atoms with E-state index in [0.717, 1.165) is 97.8 Å². The lowest BCUT2D eigenvalue weighted by Crippen LogP contribution is -2.64. The highest BCUT2D eigenvalue weighted by atomic mass is 16.2. The molecular weight excluding hydrogens is 1000 g/mol. The Labute approximate surface area is 504 Å². The van der Waals surface area contributed by atoms with Gasteiger partial charge in [0, 0.05) is 100 Å². The maximum atomic E-state index is 12.1. The van der Waals surface area contributed by atoms with Crippen molar-refractivity contribution in [2.24, 2.45) is 84.7 Å². The van der Waals surface area contributed by atoms with Gasteiger partial charge in [-0.3, -0.25) is 9.59 Å². The van der Waals surface area contributed by atoms with E-state index >= 15 is 0 Å². The van der Waals surface area contributed by atoms with E-state index in [4.69, 9.17) is 0 Å². The zero-order valence-corrected chi connectivity index (χ0v) is 55.9. The van der Waals surface area contributed by atoms with Gasteiger partial charge in [-0.25, -0.2) is 0 Å². The lowest BCUT2D eigenvalue weighted by molar-refractivity contribution is -0.155. The van der Waals surface area contributed by atoms with Crippen LogP contribution in [0.3, 0.4) is 0 Å². The van der Waals surface area contributed by atoms with E-state index in [0.29, 0.717) is 43.3 Å². The molecule has 0 N–H and O–H groups in total. The van der Waals surface area contributed by atoms with Gasteiger partial charge in [-0.05, 0) is 203 Å². The normalized spacial score (nSPS) is 24.3. The van der Waals surface area contributed by atoms with Gasteiger partial charge in [0.05, 0.1) is 5.70 Å². The third kappa shape index (κ3) is 16.4. The fourth-order valence-corrected chi connectivity index (χ4v) is 15.8. The van der Waals surface area contributed by atoms with Crippen LogP contribution in [-0.4, -0.2) is 127 Å². The molecule has 5 heterocycles. The Morgan fingerprint density at radius 3 is 1.27 bits per heavy atom. The number of hydrogen-bond donors (Lipinski definition) is 0. The SMILES string of the molecule is C=C(C#CC)N1CCC2(CC(C(C)(C)C)C2)C1.C=CC(=C)N1CC2(CC(C(C)C)C2)C1.C=CC(=C)N1CCC2(CC(C(C)(C)C)C2)C1.CC#CC(=O)N1CC2(CC(C(C)(C)C)C2)C1.CC(C)C1CC2(CCN(C(=O)/C=C/CN(C)C)C2)C1. The van der Waals surface area contributed by atoms with Gasteiger partial charge in [0.2, 0.25) is 5.91 Å². The van der Waals surface area contributed by atoms with Crippen molar-refractivity contribution in [3.8, 4) is 23.7 Å². The van der Waals surface area contributed by atoms with Crippen LogP contribution in [0.4, 0.5) is 0 Å². The first kappa shape index (κ1) is 67.0. The summed E-state index contributed by atoms with van der Waals surface area (Å²) in [7, 11) is 4.03. The van der Waals surface area contributed by atoms with Crippen molar-refractivity contribution in [2.45, 2.75) is 187 Å². The molecule has 8 nitrogen and oxygen atoms in total. The molecule has 5 aliphatic heterocycles. The van der Waals surface area contributed by atoms with Crippen molar-refractivity contribution >= 4 is 11.8 Å². The van der Waals surface area contributed by atoms with Crippen LogP contribution >= 0.6 is 0 Å². The van der Waals surface area contributed by atoms with E-state index < -0.39 is 0 Å². The molecule has 8 heteroatoms. The van der Waals surface area contributed by atoms with Crippen LogP contribution in [0.15, 0.2) is 74.3 Å². The minimum absolute atomic E-state index is 0.00679. The molecule has 5 saturated carbocycles. The van der Waals surface area contributed by atoms with Gasteiger partial charge >= 0.3 is 0 Å². The van der Waals surface area contributed by atoms with E-state index in [1.807, 2.05) is 49.0 Å². The minimum atomic E-state index is 0.00679. The second kappa shape index (κ2) is 26.2. The average Bonchev–Trinajstić information content (AvgIpc) is 4.07. The molecule has 5 saturated heterocycles. The summed E-state index contributed by atoms with van der Waals surface area (Å²) in [5, 5.41) is 0. The molecule has 0 aromatic heterocycles. The van der Waals surface area contributed by atoms with Crippen molar-refractivity contribution in [1.82, 2.24) is 29.4 Å². The molecule has 10 fully saturated rings. The van der Waals surface area contributed by atoms with E-state index in [1.165, 1.54) is 116 Å². The molecule has 82 heavy (non-hydrogen) atoms. The third-order valence-corrected chi connectivity index (χ3v) is 22.3. The van der Waals surface area contributed by atoms with Crippen LogP contribution in [0, 0.1) is 108 Å². The zero-order chi connectivity index (χ0) is 61.0. The Kier molecular flexibility index (Phi) is 21.4. The summed E-state index contributed by atoms with van der Waals surface area (Å²) >= 11 is 0. The molecule has 10 rings (SSSR count). The fraction of sp³-hybridized carbons (Fsp3) is 0.757. The number of amides is 2. The lowest BCUT2D eigenvalue weighted by atomic mass is 9.52. The van der Waals surface area contributed by atoms with Crippen LogP contribution < -0.4 is 0 Å². The maximum absolute atomic E-state index is 12.1. The highest BCUT2D eigenvalue weighted by Crippen LogP contribution is 2.60. The highest BCUT2D eigenvalue weighted by Gasteiger charge is 2.57. The van der Waals surface area contributed by atoms with Crippen LogP contribution in [-0.2, 0) is 9.59 Å². The third-order valence-electron chi connectivity index (χ3n) is 22.3. The Bertz CT molecular complexity index is 2420. The Balaban J connectivity index is 0.000000165. The summed E-state index contributed by atoms with van der Waals surface area (Å²) in [6.07, 6.45) is 25.1. The van der Waals surface area contributed by atoms with Gasteiger partial charge in [-0.1, -0.05) is 147 Å². The summed E-state index contributed by atoms with van der Waals surface area (Å²) in [5.41, 5.74) is 7.44. The van der Waals surface area contributed by atoms with Gasteiger partial charge in [-0.2, -0.15) is 0 Å². The van der Waals surface area contributed by atoms with Crippen LogP contribution in [0.2, 0.25) is 0 Å². The number of carbonyl (C=O) groups is 2. The molecule has 0 atom stereocenters. The Morgan fingerprint density at radius 1 is 0.512 bits per heavy atom. The number of rotatable bonds is 10. The van der Waals surface area contributed by atoms with Crippen LogP contribution in [0.1, 0.15) is 187 Å². The largest absolute Gasteiger partial charge is 0.371 e. The second-order valence-electron chi connectivity index (χ2n) is 32.9.